The first-order valence-corrected chi connectivity index (χ1v) is 6.51. The van der Waals surface area contributed by atoms with Crippen LogP contribution in [-0.2, 0) is 6.54 Å². The van der Waals surface area contributed by atoms with Crippen molar-refractivity contribution < 1.29 is 0 Å². The van der Waals surface area contributed by atoms with E-state index in [1.807, 2.05) is 12.4 Å². The fraction of sp³-hybridized carbons (Fsp3) is 0.692. The van der Waals surface area contributed by atoms with Gasteiger partial charge in [-0.2, -0.15) is 0 Å². The van der Waals surface area contributed by atoms with Crippen molar-refractivity contribution >= 4 is 5.95 Å². The molecule has 1 fully saturated rings. The quantitative estimate of drug-likeness (QED) is 0.817. The molecule has 17 heavy (non-hydrogen) atoms. The molecule has 1 aliphatic carbocycles. The highest BCUT2D eigenvalue weighted by Gasteiger charge is 2.20. The van der Waals surface area contributed by atoms with Gasteiger partial charge in [0.05, 0.1) is 0 Å². The Bertz CT molecular complexity index is 343. The van der Waals surface area contributed by atoms with E-state index in [1.165, 1.54) is 18.4 Å². The number of nitrogens with zero attached hydrogens (tertiary/aromatic N) is 3. The van der Waals surface area contributed by atoms with Crippen molar-refractivity contribution in [3.63, 3.8) is 0 Å². The van der Waals surface area contributed by atoms with Gasteiger partial charge in [-0.25, -0.2) is 9.97 Å². The fourth-order valence-corrected chi connectivity index (χ4v) is 1.87. The van der Waals surface area contributed by atoms with Gasteiger partial charge in [0, 0.05) is 43.1 Å². The van der Waals surface area contributed by atoms with E-state index in [9.17, 15) is 0 Å². The van der Waals surface area contributed by atoms with Crippen LogP contribution in [0.4, 0.5) is 5.95 Å². The summed E-state index contributed by atoms with van der Waals surface area (Å²) < 4.78 is 0. The van der Waals surface area contributed by atoms with Crippen molar-refractivity contribution in [1.82, 2.24) is 15.3 Å². The summed E-state index contributed by atoms with van der Waals surface area (Å²) in [6.45, 7) is 8.28. The van der Waals surface area contributed by atoms with Gasteiger partial charge in [0.2, 0.25) is 5.95 Å². The Morgan fingerprint density at radius 3 is 2.47 bits per heavy atom. The second kappa shape index (κ2) is 5.45. The van der Waals surface area contributed by atoms with E-state index in [2.05, 4.69) is 41.0 Å². The van der Waals surface area contributed by atoms with Crippen LogP contribution in [0.5, 0.6) is 0 Å². The van der Waals surface area contributed by atoms with Crippen LogP contribution in [-0.4, -0.2) is 28.6 Å². The highest BCUT2D eigenvalue weighted by molar-refractivity contribution is 5.30. The van der Waals surface area contributed by atoms with Crippen molar-refractivity contribution in [3.8, 4) is 0 Å². The standard InChI is InChI=1S/C13H22N4/c1-4-17(10(2)3)13-15-8-11(9-16-13)7-14-12-5-6-12/h8-10,12,14H,4-7H2,1-3H3. The molecule has 0 radical (unpaired) electrons. The summed E-state index contributed by atoms with van der Waals surface area (Å²) in [5.41, 5.74) is 1.17. The van der Waals surface area contributed by atoms with Gasteiger partial charge in [-0.3, -0.25) is 0 Å². The van der Waals surface area contributed by atoms with E-state index in [4.69, 9.17) is 0 Å². The van der Waals surface area contributed by atoms with E-state index in [-0.39, 0.29) is 0 Å². The van der Waals surface area contributed by atoms with Crippen molar-refractivity contribution in [2.75, 3.05) is 11.4 Å². The number of nitrogens with one attached hydrogen (secondary N) is 1. The van der Waals surface area contributed by atoms with Gasteiger partial charge >= 0.3 is 0 Å². The Kier molecular flexibility index (Phi) is 3.94. The number of aromatic nitrogens is 2. The molecule has 0 spiro atoms. The largest absolute Gasteiger partial charge is 0.339 e. The molecule has 1 saturated carbocycles. The molecule has 2 rings (SSSR count). The molecule has 0 saturated heterocycles. The Balaban J connectivity index is 1.95. The van der Waals surface area contributed by atoms with Gasteiger partial charge < -0.3 is 10.2 Å². The first-order chi connectivity index (χ1) is 8.20. The Morgan fingerprint density at radius 1 is 1.35 bits per heavy atom. The van der Waals surface area contributed by atoms with Gasteiger partial charge in [-0.05, 0) is 33.6 Å². The number of anilines is 1. The molecule has 4 heteroatoms. The maximum Gasteiger partial charge on any atom is 0.225 e. The maximum absolute atomic E-state index is 4.44. The molecule has 4 nitrogen and oxygen atoms in total. The zero-order valence-electron chi connectivity index (χ0n) is 11.0. The predicted molar refractivity (Wildman–Crippen MR) is 70.0 cm³/mol. The van der Waals surface area contributed by atoms with Crippen molar-refractivity contribution in [1.29, 1.82) is 0 Å². The SMILES string of the molecule is CCN(c1ncc(CNC2CC2)cn1)C(C)C. The fourth-order valence-electron chi connectivity index (χ4n) is 1.87. The van der Waals surface area contributed by atoms with Crippen molar-refractivity contribution in [3.05, 3.63) is 18.0 Å². The van der Waals surface area contributed by atoms with E-state index in [1.54, 1.807) is 0 Å². The first kappa shape index (κ1) is 12.3. The molecule has 94 valence electrons. The lowest BCUT2D eigenvalue weighted by Gasteiger charge is -2.24. The van der Waals surface area contributed by atoms with Crippen LogP contribution in [0.25, 0.3) is 0 Å². The molecule has 0 amide bonds. The van der Waals surface area contributed by atoms with E-state index in [0.29, 0.717) is 6.04 Å². The highest BCUT2D eigenvalue weighted by Crippen LogP contribution is 2.19. The Labute approximate surface area is 103 Å². The monoisotopic (exact) mass is 234 g/mol. The summed E-state index contributed by atoms with van der Waals surface area (Å²) in [5, 5.41) is 3.46. The van der Waals surface area contributed by atoms with E-state index in [0.717, 1.165) is 25.1 Å². The molecule has 1 aromatic rings. The maximum atomic E-state index is 4.44. The normalized spacial score (nSPS) is 15.3. The second-order valence-electron chi connectivity index (χ2n) is 4.93. The van der Waals surface area contributed by atoms with E-state index >= 15 is 0 Å². The van der Waals surface area contributed by atoms with Crippen LogP contribution in [0, 0.1) is 0 Å². The van der Waals surface area contributed by atoms with Crippen LogP contribution in [0.15, 0.2) is 12.4 Å². The smallest absolute Gasteiger partial charge is 0.225 e. The molecule has 0 aliphatic heterocycles. The molecule has 0 atom stereocenters. The summed E-state index contributed by atoms with van der Waals surface area (Å²) in [5.74, 6) is 0.831. The molecule has 1 aliphatic rings. The summed E-state index contributed by atoms with van der Waals surface area (Å²) in [7, 11) is 0. The van der Waals surface area contributed by atoms with Crippen LogP contribution >= 0.6 is 0 Å². The third kappa shape index (κ3) is 3.40. The summed E-state index contributed by atoms with van der Waals surface area (Å²) in [6, 6.07) is 1.17. The minimum Gasteiger partial charge on any atom is -0.339 e. The molecular formula is C13H22N4. The van der Waals surface area contributed by atoms with Gasteiger partial charge in [-0.1, -0.05) is 0 Å². The lowest BCUT2D eigenvalue weighted by molar-refractivity contribution is 0.667. The molecule has 0 unspecified atom stereocenters. The number of hydrogen-bond donors (Lipinski definition) is 1. The van der Waals surface area contributed by atoms with Crippen LogP contribution in [0.3, 0.4) is 0 Å². The summed E-state index contributed by atoms with van der Waals surface area (Å²) in [4.78, 5) is 11.1. The topological polar surface area (TPSA) is 41.1 Å². The second-order valence-corrected chi connectivity index (χ2v) is 4.93. The highest BCUT2D eigenvalue weighted by atomic mass is 15.3. The molecular weight excluding hydrogens is 212 g/mol. The summed E-state index contributed by atoms with van der Waals surface area (Å²) >= 11 is 0. The molecule has 1 N–H and O–H groups in total. The minimum absolute atomic E-state index is 0.440. The third-order valence-corrected chi connectivity index (χ3v) is 3.08. The Hall–Kier alpha value is -1.16. The predicted octanol–water partition coefficient (Wildman–Crippen LogP) is 1.96. The molecule has 0 bridgehead atoms. The Morgan fingerprint density at radius 2 is 2.00 bits per heavy atom. The summed E-state index contributed by atoms with van der Waals surface area (Å²) in [6.07, 6.45) is 6.50. The van der Waals surface area contributed by atoms with Gasteiger partial charge in [0.15, 0.2) is 0 Å². The first-order valence-electron chi connectivity index (χ1n) is 6.51. The number of rotatable bonds is 6. The molecule has 1 aromatic heterocycles. The lowest BCUT2D eigenvalue weighted by atomic mass is 10.3. The average Bonchev–Trinajstić information content (AvgIpc) is 3.12. The number of hydrogen-bond acceptors (Lipinski definition) is 4. The van der Waals surface area contributed by atoms with E-state index < -0.39 is 0 Å². The lowest BCUT2D eigenvalue weighted by Crippen LogP contribution is -2.32. The minimum atomic E-state index is 0.440. The van der Waals surface area contributed by atoms with Crippen LogP contribution in [0.2, 0.25) is 0 Å². The average molecular weight is 234 g/mol. The zero-order chi connectivity index (χ0) is 12.3. The molecule has 1 heterocycles. The zero-order valence-corrected chi connectivity index (χ0v) is 11.0. The van der Waals surface area contributed by atoms with Crippen molar-refractivity contribution in [2.45, 2.75) is 52.2 Å². The van der Waals surface area contributed by atoms with Gasteiger partial charge in [0.25, 0.3) is 0 Å². The third-order valence-electron chi connectivity index (χ3n) is 3.08. The van der Waals surface area contributed by atoms with Crippen LogP contribution < -0.4 is 10.2 Å². The molecule has 0 aromatic carbocycles. The van der Waals surface area contributed by atoms with Gasteiger partial charge in [0.1, 0.15) is 0 Å². The van der Waals surface area contributed by atoms with Crippen LogP contribution in [0.1, 0.15) is 39.2 Å². The van der Waals surface area contributed by atoms with Gasteiger partial charge in [-0.15, -0.1) is 0 Å². The van der Waals surface area contributed by atoms with Crippen molar-refractivity contribution in [2.24, 2.45) is 0 Å².